The van der Waals surface area contributed by atoms with E-state index in [-0.39, 0.29) is 11.4 Å². The van der Waals surface area contributed by atoms with Crippen molar-refractivity contribution < 1.29 is 23.5 Å². The maximum absolute atomic E-state index is 14.0. The zero-order valence-corrected chi connectivity index (χ0v) is 18.3. The van der Waals surface area contributed by atoms with E-state index in [1.165, 1.54) is 22.3 Å². The van der Waals surface area contributed by atoms with Crippen LogP contribution in [0.3, 0.4) is 0 Å². The molecule has 1 aliphatic rings. The highest BCUT2D eigenvalue weighted by Gasteiger charge is 2.52. The first-order valence-corrected chi connectivity index (χ1v) is 11.2. The van der Waals surface area contributed by atoms with Gasteiger partial charge in [-0.05, 0) is 43.7 Å². The number of hydrogen-bond acceptors (Lipinski definition) is 3. The lowest BCUT2D eigenvalue weighted by Crippen LogP contribution is -2.36. The van der Waals surface area contributed by atoms with E-state index in [1.54, 1.807) is 12.1 Å². The molecule has 0 spiro atoms. The minimum atomic E-state index is -3.33. The summed E-state index contributed by atoms with van der Waals surface area (Å²) in [5.41, 5.74) is 0. The molecule has 0 aliphatic carbocycles. The molecule has 2 unspecified atom stereocenters. The zero-order chi connectivity index (χ0) is 22.1. The second kappa shape index (κ2) is 11.3. The van der Waals surface area contributed by atoms with Crippen LogP contribution in [0.4, 0.5) is 8.78 Å². The Bertz CT molecular complexity index is 822. The normalized spacial score (nSPS) is 19.1. The fraction of sp³-hybridized carbons (Fsp3) is 0.565. The molecule has 7 heteroatoms. The van der Waals surface area contributed by atoms with E-state index in [4.69, 9.17) is 5.11 Å². The number of halogens is 2. The molecule has 0 aromatic carbocycles. The third-order valence-electron chi connectivity index (χ3n) is 4.98. The van der Waals surface area contributed by atoms with E-state index in [9.17, 15) is 18.4 Å². The Morgan fingerprint density at radius 1 is 1.43 bits per heavy atom. The number of aryl methyl sites for hydroxylation is 1. The molecule has 2 heterocycles. The van der Waals surface area contributed by atoms with Crippen molar-refractivity contribution in [2.75, 3.05) is 6.54 Å². The third kappa shape index (κ3) is 6.94. The molecule has 1 aromatic rings. The minimum absolute atomic E-state index is 0.224. The Hall–Kier alpha value is -2.20. The number of carbonyl (C=O) groups is 2. The molecule has 2 rings (SSSR count). The molecule has 1 saturated heterocycles. The number of unbranched alkanes of at least 4 members (excludes halogenated alkanes) is 1. The van der Waals surface area contributed by atoms with Crippen LogP contribution in [0, 0.1) is 17.8 Å². The molecule has 164 valence electrons. The molecule has 30 heavy (non-hydrogen) atoms. The van der Waals surface area contributed by atoms with Crippen LogP contribution in [0.5, 0.6) is 0 Å². The lowest BCUT2D eigenvalue weighted by Gasteiger charge is -2.21. The van der Waals surface area contributed by atoms with Gasteiger partial charge in [0.05, 0.1) is 6.04 Å². The molecule has 0 saturated carbocycles. The minimum Gasteiger partial charge on any atom is -0.477 e. The number of hydrogen-bond donors (Lipinski definition) is 1. The third-order valence-corrected chi connectivity index (χ3v) is 6.11. The summed E-state index contributed by atoms with van der Waals surface area (Å²) >= 11 is 1.18. The van der Waals surface area contributed by atoms with Gasteiger partial charge in [-0.2, -0.15) is 8.78 Å². The van der Waals surface area contributed by atoms with Crippen LogP contribution in [0.15, 0.2) is 24.3 Å². The maximum atomic E-state index is 14.0. The summed E-state index contributed by atoms with van der Waals surface area (Å²) in [7, 11) is 0. The van der Waals surface area contributed by atoms with E-state index >= 15 is 0 Å². The molecular formula is C23H29F2NO3S. The highest BCUT2D eigenvalue weighted by molar-refractivity contribution is 7.13. The van der Waals surface area contributed by atoms with Gasteiger partial charge >= 0.3 is 11.9 Å². The van der Waals surface area contributed by atoms with Crippen LogP contribution in [0.2, 0.25) is 0 Å². The van der Waals surface area contributed by atoms with Crippen LogP contribution in [0.1, 0.15) is 66.9 Å². The molecule has 0 radical (unpaired) electrons. The lowest BCUT2D eigenvalue weighted by molar-refractivity contribution is -0.148. The van der Waals surface area contributed by atoms with Crippen LogP contribution < -0.4 is 0 Å². The standard InChI is InChI=1S/C23H29F2NO3S/c1-3-4-5-6-9-17(2)10-7-11-18-16-23(24,25)22(29)26(18)15-8-12-19-13-14-20(30-19)21(27)28/h7,11,13-14,17-18H,3-4,8-10,12,15-16H2,1-2H3,(H,27,28)/b11-7+. The number of carboxylic acid groups (broad SMARTS) is 1. The first kappa shape index (κ1) is 24.1. The molecule has 1 N–H and O–H groups in total. The summed E-state index contributed by atoms with van der Waals surface area (Å²) in [6, 6.07) is 2.66. The second-order valence-electron chi connectivity index (χ2n) is 7.73. The van der Waals surface area contributed by atoms with Crippen LogP contribution >= 0.6 is 11.3 Å². The Balaban J connectivity index is 1.89. The number of amides is 1. The predicted molar refractivity (Wildman–Crippen MR) is 115 cm³/mol. The Morgan fingerprint density at radius 2 is 2.20 bits per heavy atom. The SMILES string of the molecule is CCCC#CCC(C)C/C=C/C1CC(F)(F)C(=O)N1CCCc1ccc(C(=O)O)s1. The number of carboxylic acids is 1. The van der Waals surface area contributed by atoms with Gasteiger partial charge in [0.25, 0.3) is 5.91 Å². The Kier molecular flexibility index (Phi) is 9.04. The fourth-order valence-electron chi connectivity index (χ4n) is 3.32. The summed E-state index contributed by atoms with van der Waals surface area (Å²) < 4.78 is 28.0. The summed E-state index contributed by atoms with van der Waals surface area (Å²) in [6.45, 7) is 4.38. The summed E-state index contributed by atoms with van der Waals surface area (Å²) in [4.78, 5) is 25.5. The highest BCUT2D eigenvalue weighted by atomic mass is 32.1. The first-order chi connectivity index (χ1) is 14.2. The van der Waals surface area contributed by atoms with Crippen molar-refractivity contribution in [1.29, 1.82) is 0 Å². The van der Waals surface area contributed by atoms with E-state index < -0.39 is 30.3 Å². The number of carbonyl (C=O) groups excluding carboxylic acids is 1. The number of aromatic carboxylic acids is 1. The molecule has 1 aliphatic heterocycles. The number of thiophene rings is 1. The Labute approximate surface area is 181 Å². The van der Waals surface area contributed by atoms with Gasteiger partial charge < -0.3 is 10.0 Å². The smallest absolute Gasteiger partial charge is 0.345 e. The van der Waals surface area contributed by atoms with Crippen molar-refractivity contribution >= 4 is 23.2 Å². The first-order valence-electron chi connectivity index (χ1n) is 10.4. The Morgan fingerprint density at radius 3 is 2.87 bits per heavy atom. The maximum Gasteiger partial charge on any atom is 0.345 e. The van der Waals surface area contributed by atoms with Crippen molar-refractivity contribution in [1.82, 2.24) is 4.90 Å². The lowest BCUT2D eigenvalue weighted by atomic mass is 10.0. The summed E-state index contributed by atoms with van der Waals surface area (Å²) in [6.07, 6.45) is 7.61. The van der Waals surface area contributed by atoms with Crippen LogP contribution in [-0.2, 0) is 11.2 Å². The largest absolute Gasteiger partial charge is 0.477 e. The van der Waals surface area contributed by atoms with Crippen molar-refractivity contribution in [2.24, 2.45) is 5.92 Å². The van der Waals surface area contributed by atoms with Gasteiger partial charge in [-0.15, -0.1) is 23.2 Å². The number of nitrogens with zero attached hydrogens (tertiary/aromatic N) is 1. The molecule has 1 amide bonds. The highest BCUT2D eigenvalue weighted by Crippen LogP contribution is 2.34. The van der Waals surface area contributed by atoms with Gasteiger partial charge in [-0.3, -0.25) is 4.79 Å². The zero-order valence-electron chi connectivity index (χ0n) is 17.5. The van der Waals surface area contributed by atoms with Crippen molar-refractivity contribution in [3.05, 3.63) is 34.0 Å². The molecule has 2 atom stereocenters. The summed E-state index contributed by atoms with van der Waals surface area (Å²) in [5, 5.41) is 8.98. The summed E-state index contributed by atoms with van der Waals surface area (Å²) in [5.74, 6) is 1.16. The number of allylic oxidation sites excluding steroid dienone is 1. The monoisotopic (exact) mass is 437 g/mol. The number of rotatable bonds is 10. The van der Waals surface area contributed by atoms with E-state index in [0.29, 0.717) is 18.8 Å². The molecule has 1 fully saturated rings. The number of alkyl halides is 2. The van der Waals surface area contributed by atoms with E-state index in [0.717, 1.165) is 30.6 Å². The topological polar surface area (TPSA) is 57.6 Å². The van der Waals surface area contributed by atoms with Crippen molar-refractivity contribution in [3.63, 3.8) is 0 Å². The average Bonchev–Trinajstić information content (AvgIpc) is 3.24. The predicted octanol–water partition coefficient (Wildman–Crippen LogP) is 5.39. The molecular weight excluding hydrogens is 408 g/mol. The fourth-order valence-corrected chi connectivity index (χ4v) is 4.21. The molecule has 1 aromatic heterocycles. The van der Waals surface area contributed by atoms with Gasteiger partial charge in [0.2, 0.25) is 0 Å². The number of likely N-dealkylation sites (tertiary alicyclic amines) is 1. The van der Waals surface area contributed by atoms with Crippen LogP contribution in [0.25, 0.3) is 0 Å². The van der Waals surface area contributed by atoms with Gasteiger partial charge in [-0.1, -0.05) is 26.0 Å². The van der Waals surface area contributed by atoms with Gasteiger partial charge in [-0.25, -0.2) is 4.79 Å². The van der Waals surface area contributed by atoms with Crippen molar-refractivity contribution in [2.45, 2.75) is 70.8 Å². The molecule has 0 bridgehead atoms. The van der Waals surface area contributed by atoms with Gasteiger partial charge in [0.1, 0.15) is 4.88 Å². The van der Waals surface area contributed by atoms with E-state index in [1.807, 2.05) is 6.08 Å². The average molecular weight is 438 g/mol. The molecule has 4 nitrogen and oxygen atoms in total. The van der Waals surface area contributed by atoms with Gasteiger partial charge in [0.15, 0.2) is 0 Å². The second-order valence-corrected chi connectivity index (χ2v) is 8.89. The van der Waals surface area contributed by atoms with E-state index in [2.05, 4.69) is 25.7 Å². The van der Waals surface area contributed by atoms with Crippen molar-refractivity contribution in [3.8, 4) is 11.8 Å². The van der Waals surface area contributed by atoms with Gasteiger partial charge in [0, 0.05) is 30.7 Å². The quantitative estimate of drug-likeness (QED) is 0.394. The van der Waals surface area contributed by atoms with Crippen LogP contribution in [-0.4, -0.2) is 40.4 Å².